The fourth-order valence-electron chi connectivity index (χ4n) is 8.77. The Hall–Kier alpha value is -2.75. The van der Waals surface area contributed by atoms with E-state index in [9.17, 15) is 19.5 Å². The van der Waals surface area contributed by atoms with Crippen LogP contribution in [0.2, 0.25) is 0 Å². The maximum Gasteiger partial charge on any atom is 0.361 e. The molecule has 2 atom stereocenters. The van der Waals surface area contributed by atoms with Crippen molar-refractivity contribution in [2.24, 2.45) is 0 Å². The zero-order valence-corrected chi connectivity index (χ0v) is 48.6. The van der Waals surface area contributed by atoms with Crippen molar-refractivity contribution in [2.75, 3.05) is 47.5 Å². The average Bonchev–Trinajstić information content (AvgIpc) is 3.36. The summed E-state index contributed by atoms with van der Waals surface area (Å²) in [5.41, 5.74) is 0. The number of hydrogen-bond acceptors (Lipinski definition) is 7. The topological polar surface area (TPSA) is 108 Å². The Morgan fingerprint density at radius 2 is 0.753 bits per heavy atom. The van der Waals surface area contributed by atoms with E-state index in [0.29, 0.717) is 17.4 Å². The highest BCUT2D eigenvalue weighted by atomic mass is 16.7. The predicted octanol–water partition coefficient (Wildman–Crippen LogP) is 18.2. The fourth-order valence-corrected chi connectivity index (χ4v) is 8.77. The molecule has 0 saturated heterocycles. The first-order chi connectivity index (χ1) is 35.6. The van der Waals surface area contributed by atoms with Crippen LogP contribution in [0.3, 0.4) is 0 Å². The highest BCUT2D eigenvalue weighted by molar-refractivity contribution is 5.71. The summed E-state index contributed by atoms with van der Waals surface area (Å²) in [6.45, 7) is 4.84. The van der Waals surface area contributed by atoms with Gasteiger partial charge in [-0.2, -0.15) is 0 Å². The van der Waals surface area contributed by atoms with Crippen molar-refractivity contribution in [1.82, 2.24) is 0 Å². The van der Waals surface area contributed by atoms with Crippen LogP contribution >= 0.6 is 0 Å². The number of likely N-dealkylation sites (N-methyl/N-ethyl adjacent to an activating group) is 1. The highest BCUT2D eigenvalue weighted by Gasteiger charge is 2.25. The summed E-state index contributed by atoms with van der Waals surface area (Å²) in [4.78, 5) is 37.3. The molecular formula is C64H118NO8+. The van der Waals surface area contributed by atoms with Gasteiger partial charge in [0, 0.05) is 12.8 Å². The molecule has 0 aliphatic heterocycles. The summed E-state index contributed by atoms with van der Waals surface area (Å²) in [6, 6.07) is 0. The molecule has 9 nitrogen and oxygen atoms in total. The lowest BCUT2D eigenvalue weighted by Crippen LogP contribution is -2.40. The maximum absolute atomic E-state index is 12.9. The van der Waals surface area contributed by atoms with E-state index >= 15 is 0 Å². The van der Waals surface area contributed by atoms with Crippen molar-refractivity contribution in [2.45, 2.75) is 296 Å². The lowest BCUT2D eigenvalue weighted by atomic mass is 10.0. The third-order valence-electron chi connectivity index (χ3n) is 13.6. The Kier molecular flexibility index (Phi) is 53.4. The maximum atomic E-state index is 12.9. The van der Waals surface area contributed by atoms with Gasteiger partial charge in [0.15, 0.2) is 6.10 Å². The fraction of sp³-hybridized carbons (Fsp3) is 0.828. The van der Waals surface area contributed by atoms with Gasteiger partial charge in [-0.15, -0.1) is 0 Å². The zero-order chi connectivity index (χ0) is 53.4. The van der Waals surface area contributed by atoms with Gasteiger partial charge in [-0.3, -0.25) is 9.59 Å². The van der Waals surface area contributed by atoms with Crippen LogP contribution in [0, 0.1) is 0 Å². The number of carboxylic acid groups (broad SMARTS) is 1. The van der Waals surface area contributed by atoms with Crippen molar-refractivity contribution < 1.29 is 42.9 Å². The number of rotatable bonds is 57. The Morgan fingerprint density at radius 1 is 0.411 bits per heavy atom. The van der Waals surface area contributed by atoms with Gasteiger partial charge in [-0.25, -0.2) is 4.79 Å². The van der Waals surface area contributed by atoms with Crippen LogP contribution in [0.1, 0.15) is 284 Å². The molecule has 0 saturated carbocycles. The van der Waals surface area contributed by atoms with Gasteiger partial charge in [0.2, 0.25) is 0 Å². The van der Waals surface area contributed by atoms with Crippen molar-refractivity contribution in [3.8, 4) is 0 Å². The van der Waals surface area contributed by atoms with Gasteiger partial charge < -0.3 is 28.5 Å². The first kappa shape index (κ1) is 70.2. The number of ether oxygens (including phenoxy) is 4. The normalized spacial score (nSPS) is 13.1. The molecule has 0 spiro atoms. The molecule has 9 heteroatoms. The number of hydrogen-bond donors (Lipinski definition) is 1. The summed E-state index contributed by atoms with van der Waals surface area (Å²) >= 11 is 0. The molecule has 0 aliphatic rings. The van der Waals surface area contributed by atoms with E-state index < -0.39 is 24.3 Å². The highest BCUT2D eigenvalue weighted by Crippen LogP contribution is 2.17. The second-order valence-corrected chi connectivity index (χ2v) is 22.0. The van der Waals surface area contributed by atoms with E-state index in [1.807, 2.05) is 21.1 Å². The summed E-state index contributed by atoms with van der Waals surface area (Å²) in [5, 5.41) is 9.68. The Balaban J connectivity index is 3.95. The standard InChI is InChI=1S/C64H117NO8/c1-6-8-10-12-14-16-18-19-20-21-22-23-24-25-26-27-28-29-30-31-32-33-34-35-36-37-38-39-40-41-42-43-45-47-49-51-53-55-62(67)73-60(59-72-64(63(68)69)70-57-56-65(3,4)5)58-71-61(66)54-52-50-48-46-44-17-15-13-11-9-7-2/h13,15,18-19,21-22,24-25,60,64H,6-12,14,16-17,20,23,26-59H2,1-5H3/p+1/b15-13-,19-18-,22-21-,25-24-. The summed E-state index contributed by atoms with van der Waals surface area (Å²) in [6.07, 6.45) is 66.6. The van der Waals surface area contributed by atoms with Crippen LogP contribution in [0.5, 0.6) is 0 Å². The van der Waals surface area contributed by atoms with Crippen LogP contribution in [-0.4, -0.2) is 87.4 Å². The zero-order valence-electron chi connectivity index (χ0n) is 48.6. The van der Waals surface area contributed by atoms with Crippen LogP contribution in [0.25, 0.3) is 0 Å². The minimum atomic E-state index is -1.51. The number of carbonyl (C=O) groups excluding carboxylic acids is 2. The SMILES string of the molecule is CCCC/C=C\CCCCCCCC(=O)OCC(COC(OCC[N+](C)(C)C)C(=O)O)OC(=O)CCCCCCCCCCCCCCCCCCCCCCCC/C=C\C/C=C\C/C=C\CCCCCCC. The molecule has 1 N–H and O–H groups in total. The van der Waals surface area contributed by atoms with Gasteiger partial charge >= 0.3 is 17.9 Å². The summed E-state index contributed by atoms with van der Waals surface area (Å²) in [5.74, 6) is -2.01. The van der Waals surface area contributed by atoms with Crippen molar-refractivity contribution in [3.63, 3.8) is 0 Å². The molecule has 2 unspecified atom stereocenters. The van der Waals surface area contributed by atoms with E-state index in [0.717, 1.165) is 77.0 Å². The van der Waals surface area contributed by atoms with E-state index in [-0.39, 0.29) is 32.2 Å². The number of nitrogens with zero attached hydrogens (tertiary/aromatic N) is 1. The summed E-state index contributed by atoms with van der Waals surface area (Å²) < 4.78 is 22.8. The third kappa shape index (κ3) is 56.8. The number of allylic oxidation sites excluding steroid dienone is 8. The predicted molar refractivity (Wildman–Crippen MR) is 309 cm³/mol. The van der Waals surface area contributed by atoms with Crippen molar-refractivity contribution in [1.29, 1.82) is 0 Å². The van der Waals surface area contributed by atoms with Crippen LogP contribution in [0.4, 0.5) is 0 Å². The minimum absolute atomic E-state index is 0.184. The molecule has 0 aromatic rings. The molecule has 0 heterocycles. The van der Waals surface area contributed by atoms with E-state index in [1.165, 1.54) is 180 Å². The number of quaternary nitrogens is 1. The van der Waals surface area contributed by atoms with E-state index in [4.69, 9.17) is 18.9 Å². The Bertz CT molecular complexity index is 1340. The first-order valence-electron chi connectivity index (χ1n) is 30.8. The van der Waals surface area contributed by atoms with Gasteiger partial charge in [0.05, 0.1) is 34.4 Å². The molecule has 73 heavy (non-hydrogen) atoms. The van der Waals surface area contributed by atoms with Crippen molar-refractivity contribution in [3.05, 3.63) is 48.6 Å². The Morgan fingerprint density at radius 3 is 1.15 bits per heavy atom. The molecule has 0 radical (unpaired) electrons. The molecule has 426 valence electrons. The van der Waals surface area contributed by atoms with Crippen LogP contribution in [-0.2, 0) is 33.3 Å². The molecule has 0 aromatic heterocycles. The lowest BCUT2D eigenvalue weighted by Gasteiger charge is -2.25. The molecule has 0 aliphatic carbocycles. The average molecular weight is 1030 g/mol. The van der Waals surface area contributed by atoms with Gasteiger partial charge in [0.25, 0.3) is 6.29 Å². The number of unbranched alkanes of at least 4 members (excludes halogenated alkanes) is 34. The molecule has 0 bridgehead atoms. The van der Waals surface area contributed by atoms with Gasteiger partial charge in [-0.05, 0) is 70.6 Å². The number of esters is 2. The molecule has 0 amide bonds. The van der Waals surface area contributed by atoms with E-state index in [2.05, 4.69) is 62.5 Å². The van der Waals surface area contributed by atoms with Crippen molar-refractivity contribution >= 4 is 17.9 Å². The lowest BCUT2D eigenvalue weighted by molar-refractivity contribution is -0.870. The monoisotopic (exact) mass is 1030 g/mol. The van der Waals surface area contributed by atoms with Crippen LogP contribution < -0.4 is 0 Å². The minimum Gasteiger partial charge on any atom is -0.477 e. The molecule has 0 rings (SSSR count). The second-order valence-electron chi connectivity index (χ2n) is 22.0. The largest absolute Gasteiger partial charge is 0.477 e. The quantitative estimate of drug-likeness (QED) is 0.0211. The van der Waals surface area contributed by atoms with Gasteiger partial charge in [-0.1, -0.05) is 249 Å². The third-order valence-corrected chi connectivity index (χ3v) is 13.6. The van der Waals surface area contributed by atoms with Gasteiger partial charge in [0.1, 0.15) is 13.2 Å². The Labute approximate surface area is 451 Å². The number of carbonyl (C=O) groups is 3. The van der Waals surface area contributed by atoms with Crippen LogP contribution in [0.15, 0.2) is 48.6 Å². The number of aliphatic carboxylic acids is 1. The number of carboxylic acids is 1. The van der Waals surface area contributed by atoms with E-state index in [1.54, 1.807) is 0 Å². The molecular weight excluding hydrogens is 911 g/mol. The molecule has 0 fully saturated rings. The summed E-state index contributed by atoms with van der Waals surface area (Å²) in [7, 11) is 5.97. The second kappa shape index (κ2) is 55.5. The molecule has 0 aromatic carbocycles. The first-order valence-corrected chi connectivity index (χ1v) is 30.8. The smallest absolute Gasteiger partial charge is 0.361 e.